The summed E-state index contributed by atoms with van der Waals surface area (Å²) in [5.41, 5.74) is 0. The van der Waals surface area contributed by atoms with Crippen molar-refractivity contribution in [3.63, 3.8) is 0 Å². The molecule has 0 heterocycles. The third-order valence-corrected chi connectivity index (χ3v) is 0. The Morgan fingerprint density at radius 2 is 0.750 bits per heavy atom. The maximum Gasteiger partial charge on any atom is 0 e. The van der Waals surface area contributed by atoms with Crippen molar-refractivity contribution < 1.29 is 0 Å². The number of terminal acetylenes is 1. The molecule has 0 spiro atoms. The van der Waals surface area contributed by atoms with E-state index < -0.39 is 0 Å². The zero-order chi connectivity index (χ0) is 2.00. The van der Waals surface area contributed by atoms with Gasteiger partial charge in [0.1, 0.15) is 0 Å². The molecule has 0 saturated carbocycles. The second-order valence-electron chi connectivity index (χ2n) is 0. The summed E-state index contributed by atoms with van der Waals surface area (Å²) in [6.45, 7) is 0. The molecule has 0 atom stereocenters. The van der Waals surface area contributed by atoms with E-state index >= 15 is 0 Å². The Balaban J connectivity index is -0.00000000500. The smallest absolute Gasteiger partial charge is 0 e. The van der Waals surface area contributed by atoms with Gasteiger partial charge in [0.15, 0.2) is 0 Å². The van der Waals surface area contributed by atoms with Gasteiger partial charge in [-0.25, -0.2) is 0 Å². The van der Waals surface area contributed by atoms with Gasteiger partial charge in [-0.3, -0.25) is 0 Å². The van der Waals surface area contributed by atoms with E-state index in [1.54, 1.807) is 0 Å². The molecular formula is C2H2Mg2. The fraction of sp³-hybridized carbons (Fsp3) is 0. The van der Waals surface area contributed by atoms with Crippen LogP contribution in [0.1, 0.15) is 0 Å². The van der Waals surface area contributed by atoms with Crippen LogP contribution in [-0.4, -0.2) is 46.1 Å². The molecule has 2 heteroatoms. The molecular weight excluding hydrogens is 72.6 g/mol. The summed E-state index contributed by atoms with van der Waals surface area (Å²) >= 11 is 0. The van der Waals surface area contributed by atoms with Crippen molar-refractivity contribution in [2.75, 3.05) is 0 Å². The predicted molar refractivity (Wildman–Crippen MR) is 21.4 cm³/mol. The molecule has 0 aromatic rings. The van der Waals surface area contributed by atoms with Crippen molar-refractivity contribution in [1.82, 2.24) is 0 Å². The lowest BCUT2D eigenvalue weighted by Gasteiger charge is -0.701. The zero-order valence-electron chi connectivity index (χ0n) is 2.57. The summed E-state index contributed by atoms with van der Waals surface area (Å²) in [6.07, 6.45) is 8.00. The van der Waals surface area contributed by atoms with Gasteiger partial charge in [-0.15, -0.1) is 12.8 Å². The highest BCUT2D eigenvalue weighted by atomic mass is 24.3. The van der Waals surface area contributed by atoms with Crippen molar-refractivity contribution in [2.24, 2.45) is 0 Å². The van der Waals surface area contributed by atoms with Gasteiger partial charge in [-0.05, 0) is 0 Å². The van der Waals surface area contributed by atoms with E-state index in [9.17, 15) is 0 Å². The van der Waals surface area contributed by atoms with Gasteiger partial charge in [0.05, 0.1) is 0 Å². The predicted octanol–water partition coefficient (Wildman–Crippen LogP) is -0.512. The fourth-order valence-electron chi connectivity index (χ4n) is 0. The topological polar surface area (TPSA) is 0 Å². The molecule has 0 N–H and O–H groups in total. The fourth-order valence-corrected chi connectivity index (χ4v) is 0. The molecule has 0 rings (SSSR count). The second-order valence-corrected chi connectivity index (χ2v) is 0. The number of rotatable bonds is 0. The molecule has 4 radical (unpaired) electrons. The molecule has 0 amide bonds. The van der Waals surface area contributed by atoms with E-state index in [1.165, 1.54) is 0 Å². The standard InChI is InChI=1S/C2H2.2Mg/c1-2;;/h1-2H;;. The quantitative estimate of drug-likeness (QED) is 0.268. The minimum atomic E-state index is 0. The van der Waals surface area contributed by atoms with Crippen molar-refractivity contribution in [3.05, 3.63) is 0 Å². The van der Waals surface area contributed by atoms with Crippen LogP contribution in [0.5, 0.6) is 0 Å². The summed E-state index contributed by atoms with van der Waals surface area (Å²) in [7, 11) is 0. The van der Waals surface area contributed by atoms with Gasteiger partial charge in [-0.2, -0.15) is 0 Å². The molecule has 0 nitrogen and oxygen atoms in total. The molecule has 0 bridgehead atoms. The highest BCUT2D eigenvalue weighted by molar-refractivity contribution is 5.76. The van der Waals surface area contributed by atoms with Crippen LogP contribution in [-0.2, 0) is 0 Å². The molecule has 0 saturated heterocycles. The minimum absolute atomic E-state index is 0. The minimum Gasteiger partial charge on any atom is -0.124 e. The molecule has 0 aliphatic rings. The lowest BCUT2D eigenvalue weighted by molar-refractivity contribution is 3.31. The SMILES string of the molecule is C#C.[Mg].[Mg]. The molecule has 0 aliphatic heterocycles. The van der Waals surface area contributed by atoms with Gasteiger partial charge in [-0.1, -0.05) is 0 Å². The van der Waals surface area contributed by atoms with Crippen LogP contribution in [0.3, 0.4) is 0 Å². The first-order valence-electron chi connectivity index (χ1n) is 0.333. The zero-order valence-corrected chi connectivity index (χ0v) is 5.40. The van der Waals surface area contributed by atoms with Gasteiger partial charge < -0.3 is 0 Å². The van der Waals surface area contributed by atoms with Crippen LogP contribution in [0.2, 0.25) is 0 Å². The van der Waals surface area contributed by atoms with Crippen molar-refractivity contribution >= 4 is 46.1 Å². The van der Waals surface area contributed by atoms with Gasteiger partial charge in [0, 0.05) is 46.1 Å². The summed E-state index contributed by atoms with van der Waals surface area (Å²) in [5.74, 6) is 0. The van der Waals surface area contributed by atoms with E-state index in [2.05, 4.69) is 12.8 Å². The molecule has 0 aromatic carbocycles. The lowest BCUT2D eigenvalue weighted by atomic mass is 11.4. The van der Waals surface area contributed by atoms with E-state index in [1.807, 2.05) is 0 Å². The lowest BCUT2D eigenvalue weighted by Crippen LogP contribution is -0.576. The normalized spacial score (nSPS) is 0.500. The summed E-state index contributed by atoms with van der Waals surface area (Å²) < 4.78 is 0. The summed E-state index contributed by atoms with van der Waals surface area (Å²) in [6, 6.07) is 0. The molecule has 0 aromatic heterocycles. The third-order valence-electron chi connectivity index (χ3n) is 0. The Labute approximate surface area is 58.6 Å². The summed E-state index contributed by atoms with van der Waals surface area (Å²) in [5, 5.41) is 0. The van der Waals surface area contributed by atoms with Crippen molar-refractivity contribution in [3.8, 4) is 12.8 Å². The van der Waals surface area contributed by atoms with Gasteiger partial charge >= 0.3 is 0 Å². The first-order chi connectivity index (χ1) is 1.00. The van der Waals surface area contributed by atoms with Crippen molar-refractivity contribution in [1.29, 1.82) is 0 Å². The van der Waals surface area contributed by atoms with E-state index in [-0.39, 0.29) is 46.1 Å². The first kappa shape index (κ1) is 19.5. The Morgan fingerprint density at radius 1 is 0.750 bits per heavy atom. The van der Waals surface area contributed by atoms with Crippen LogP contribution < -0.4 is 0 Å². The van der Waals surface area contributed by atoms with Crippen LogP contribution in [0.4, 0.5) is 0 Å². The Kier molecular flexibility index (Phi) is 160. The van der Waals surface area contributed by atoms with Crippen LogP contribution in [0, 0.1) is 12.8 Å². The Hall–Kier alpha value is 1.09. The molecule has 14 valence electrons. The third kappa shape index (κ3) is 11.3. The van der Waals surface area contributed by atoms with Crippen LogP contribution >= 0.6 is 0 Å². The highest BCUT2D eigenvalue weighted by Crippen LogP contribution is 0.579. The Morgan fingerprint density at radius 3 is 0.750 bits per heavy atom. The summed E-state index contributed by atoms with van der Waals surface area (Å²) in [4.78, 5) is 0. The van der Waals surface area contributed by atoms with Crippen LogP contribution in [0.15, 0.2) is 0 Å². The maximum atomic E-state index is 4.00. The van der Waals surface area contributed by atoms with Crippen LogP contribution in [0.25, 0.3) is 0 Å². The molecule has 0 fully saturated rings. The molecule has 4 heavy (non-hydrogen) atoms. The van der Waals surface area contributed by atoms with Gasteiger partial charge in [0.2, 0.25) is 0 Å². The highest BCUT2D eigenvalue weighted by Gasteiger charge is 0.454. The first-order valence-corrected chi connectivity index (χ1v) is 0.333. The van der Waals surface area contributed by atoms with Crippen molar-refractivity contribution in [2.45, 2.75) is 0 Å². The van der Waals surface area contributed by atoms with E-state index in [4.69, 9.17) is 0 Å². The van der Waals surface area contributed by atoms with E-state index in [0.29, 0.717) is 0 Å². The maximum absolute atomic E-state index is 4.00. The average molecular weight is 74.6 g/mol. The second kappa shape index (κ2) is 32.8. The number of hydrogen-bond acceptors (Lipinski definition) is 0. The monoisotopic (exact) mass is 74.0 g/mol. The number of hydrogen-bond donors (Lipinski definition) is 0. The molecule has 0 unspecified atom stereocenters. The van der Waals surface area contributed by atoms with Gasteiger partial charge in [0.25, 0.3) is 0 Å². The average Bonchev–Trinajstić information content (AvgIpc) is 1.00. The van der Waals surface area contributed by atoms with E-state index in [0.717, 1.165) is 0 Å². The molecule has 0 aliphatic carbocycles. The Bertz CT molecular complexity index is 8.75. The largest absolute Gasteiger partial charge is 0.124 e.